The van der Waals surface area contributed by atoms with Crippen LogP contribution in [0.4, 0.5) is 0 Å². The van der Waals surface area contributed by atoms with Gasteiger partial charge in [0.05, 0.1) is 18.6 Å². The Hall–Kier alpha value is -1.33. The van der Waals surface area contributed by atoms with Crippen molar-refractivity contribution in [1.82, 2.24) is 5.32 Å². The Morgan fingerprint density at radius 3 is 2.06 bits per heavy atom. The molecule has 4 unspecified atom stereocenters. The average molecular weight is 514 g/mol. The summed E-state index contributed by atoms with van der Waals surface area (Å²) in [5.41, 5.74) is 1.12. The third-order valence-electron chi connectivity index (χ3n) is 6.78. The minimum atomic E-state index is -0.0542. The quantitative estimate of drug-likeness (QED) is 0.191. The van der Waals surface area contributed by atoms with E-state index in [9.17, 15) is 9.90 Å². The number of carbonyl (C=O) groups is 1. The van der Waals surface area contributed by atoms with Crippen molar-refractivity contribution in [3.05, 3.63) is 23.7 Å². The van der Waals surface area contributed by atoms with Crippen molar-refractivity contribution in [2.45, 2.75) is 133 Å². The molecule has 2 bridgehead atoms. The molecule has 216 valence electrons. The van der Waals surface area contributed by atoms with E-state index in [0.717, 1.165) is 32.9 Å². The molecule has 36 heavy (non-hydrogen) atoms. The third-order valence-corrected chi connectivity index (χ3v) is 6.78. The van der Waals surface area contributed by atoms with Gasteiger partial charge in [-0.15, -0.1) is 0 Å². The molecule has 5 nitrogen and oxygen atoms in total. The van der Waals surface area contributed by atoms with E-state index in [1.807, 2.05) is 34.6 Å². The fourth-order valence-electron chi connectivity index (χ4n) is 5.36. The minimum absolute atomic E-state index is 0.0542. The molecule has 2 rings (SSSR count). The van der Waals surface area contributed by atoms with Gasteiger partial charge < -0.3 is 25.1 Å². The first-order valence-corrected chi connectivity index (χ1v) is 14.7. The standard InChI is InChI=1S/C19H31NO3.C7H16.2C2H6.CH4O/c1-5-23-10-6-7-15-11-17-16(9-8-13(2)21)19(4,12-20-17)18(15)14(3)22;1-3-5-7-6-4-2;3*1-2/h6,10,15-17,20,22H,5,7-9,11-12H2,1-4H3;3-7H2,1-2H3;2*1-2H3;2H,1H3/b10-6+,18-14-;;;;. The Morgan fingerprint density at radius 2 is 1.61 bits per heavy atom. The van der Waals surface area contributed by atoms with E-state index in [4.69, 9.17) is 9.84 Å². The van der Waals surface area contributed by atoms with Crippen LogP contribution < -0.4 is 5.32 Å². The highest BCUT2D eigenvalue weighted by Gasteiger charge is 2.53. The molecule has 2 aliphatic rings. The molecule has 4 atom stereocenters. The van der Waals surface area contributed by atoms with Crippen LogP contribution in [-0.4, -0.2) is 42.3 Å². The van der Waals surface area contributed by atoms with Gasteiger partial charge in [-0.1, -0.05) is 80.6 Å². The second-order valence-corrected chi connectivity index (χ2v) is 9.31. The lowest BCUT2D eigenvalue weighted by molar-refractivity contribution is -0.117. The number of aliphatic hydroxyl groups excluding tert-OH is 2. The van der Waals surface area contributed by atoms with Crippen LogP contribution in [0, 0.1) is 17.3 Å². The van der Waals surface area contributed by atoms with E-state index < -0.39 is 0 Å². The van der Waals surface area contributed by atoms with Crippen LogP contribution in [-0.2, 0) is 9.53 Å². The van der Waals surface area contributed by atoms with Crippen molar-refractivity contribution in [1.29, 1.82) is 0 Å². The molecule has 3 N–H and O–H groups in total. The largest absolute Gasteiger partial charge is 0.513 e. The lowest BCUT2D eigenvalue weighted by Gasteiger charge is -2.44. The maximum Gasteiger partial charge on any atom is 0.129 e. The summed E-state index contributed by atoms with van der Waals surface area (Å²) in [7, 11) is 1.00. The van der Waals surface area contributed by atoms with Gasteiger partial charge in [0.1, 0.15) is 5.78 Å². The first kappa shape index (κ1) is 39.2. The van der Waals surface area contributed by atoms with Crippen LogP contribution in [0.1, 0.15) is 127 Å². The maximum atomic E-state index is 11.4. The molecule has 2 fully saturated rings. The summed E-state index contributed by atoms with van der Waals surface area (Å²) in [4.78, 5) is 11.4. The molecule has 1 saturated carbocycles. The van der Waals surface area contributed by atoms with Crippen LogP contribution in [0.25, 0.3) is 0 Å². The zero-order valence-corrected chi connectivity index (χ0v) is 25.9. The van der Waals surface area contributed by atoms with Gasteiger partial charge in [-0.3, -0.25) is 0 Å². The van der Waals surface area contributed by atoms with Crippen molar-refractivity contribution in [3.63, 3.8) is 0 Å². The van der Waals surface area contributed by atoms with Crippen molar-refractivity contribution >= 4 is 5.78 Å². The summed E-state index contributed by atoms with van der Waals surface area (Å²) in [5.74, 6) is 1.48. The molecule has 0 amide bonds. The summed E-state index contributed by atoms with van der Waals surface area (Å²) >= 11 is 0. The minimum Gasteiger partial charge on any atom is -0.513 e. The third kappa shape index (κ3) is 14.4. The van der Waals surface area contributed by atoms with Crippen molar-refractivity contribution in [2.75, 3.05) is 20.3 Å². The van der Waals surface area contributed by atoms with Gasteiger partial charge in [-0.05, 0) is 63.5 Å². The predicted molar refractivity (Wildman–Crippen MR) is 157 cm³/mol. The molecular formula is C31H63NO4. The first-order valence-electron chi connectivity index (χ1n) is 14.7. The lowest BCUT2D eigenvalue weighted by atomic mass is 9.59. The molecule has 0 aromatic carbocycles. The molecule has 0 radical (unpaired) electrons. The summed E-state index contributed by atoms with van der Waals surface area (Å²) in [6, 6.07) is 0.438. The van der Waals surface area contributed by atoms with Crippen molar-refractivity contribution in [3.8, 4) is 0 Å². The molecule has 0 aromatic rings. The SMILES string of the molecule is CC.CC.CCCCCCC.CCO/C=C/CC1CC2NCC(C)(/C1=C(/C)O)C2CCC(C)=O.CO. The number of unbranched alkanes of at least 4 members (excludes halogenated alkanes) is 4. The number of nitrogens with one attached hydrogen (secondary N) is 1. The van der Waals surface area contributed by atoms with Gasteiger partial charge in [0.15, 0.2) is 0 Å². The number of aliphatic hydroxyl groups is 2. The Balaban J connectivity index is -0.000000707. The van der Waals surface area contributed by atoms with Gasteiger partial charge in [-0.25, -0.2) is 0 Å². The monoisotopic (exact) mass is 513 g/mol. The Kier molecular flexibility index (Phi) is 27.6. The predicted octanol–water partition coefficient (Wildman–Crippen LogP) is 8.38. The molecule has 0 spiro atoms. The Bertz CT molecular complexity index is 565. The molecule has 1 heterocycles. The van der Waals surface area contributed by atoms with Gasteiger partial charge in [0.2, 0.25) is 0 Å². The van der Waals surface area contributed by atoms with Gasteiger partial charge in [-0.2, -0.15) is 0 Å². The van der Waals surface area contributed by atoms with Crippen molar-refractivity contribution in [2.24, 2.45) is 17.3 Å². The number of fused-ring (bicyclic) bond motifs is 2. The molecule has 1 aliphatic carbocycles. The van der Waals surface area contributed by atoms with E-state index >= 15 is 0 Å². The van der Waals surface area contributed by atoms with Gasteiger partial charge in [0.25, 0.3) is 0 Å². The van der Waals surface area contributed by atoms with Crippen LogP contribution in [0.5, 0.6) is 0 Å². The second kappa shape index (κ2) is 25.3. The van der Waals surface area contributed by atoms with Crippen LogP contribution in [0.2, 0.25) is 0 Å². The normalized spacial score (nSPS) is 25.1. The van der Waals surface area contributed by atoms with Crippen LogP contribution in [0.3, 0.4) is 0 Å². The number of Topliss-reactive ketones (excluding diaryl/α,β-unsaturated/α-hetero) is 1. The lowest BCUT2D eigenvalue weighted by Crippen LogP contribution is -2.41. The molecular weight excluding hydrogens is 450 g/mol. The fourth-order valence-corrected chi connectivity index (χ4v) is 5.36. The number of hydrogen-bond acceptors (Lipinski definition) is 5. The number of hydrogen-bond donors (Lipinski definition) is 3. The summed E-state index contributed by atoms with van der Waals surface area (Å²) in [5, 5.41) is 21.0. The van der Waals surface area contributed by atoms with E-state index in [2.05, 4.69) is 32.2 Å². The van der Waals surface area contributed by atoms with E-state index in [1.165, 1.54) is 37.7 Å². The number of rotatable bonds is 11. The number of ether oxygens (including phenoxy) is 1. The highest BCUT2D eigenvalue weighted by atomic mass is 16.5. The molecule has 1 aliphatic heterocycles. The van der Waals surface area contributed by atoms with Crippen LogP contribution >= 0.6 is 0 Å². The second-order valence-electron chi connectivity index (χ2n) is 9.31. The van der Waals surface area contributed by atoms with Crippen LogP contribution in [0.15, 0.2) is 23.7 Å². The summed E-state index contributed by atoms with van der Waals surface area (Å²) in [6.45, 7) is 21.7. The van der Waals surface area contributed by atoms with E-state index in [1.54, 1.807) is 20.1 Å². The first-order chi connectivity index (χ1) is 17.3. The molecule has 0 aromatic heterocycles. The molecule has 5 heteroatoms. The summed E-state index contributed by atoms with van der Waals surface area (Å²) < 4.78 is 5.29. The van der Waals surface area contributed by atoms with Gasteiger partial charge >= 0.3 is 0 Å². The van der Waals surface area contributed by atoms with E-state index in [-0.39, 0.29) is 11.2 Å². The number of allylic oxidation sites excluding steroid dienone is 2. The summed E-state index contributed by atoms with van der Waals surface area (Å²) in [6.07, 6.45) is 14.3. The zero-order chi connectivity index (χ0) is 28.6. The number of carbonyl (C=O) groups excluding carboxylic acids is 1. The number of ketones is 1. The topological polar surface area (TPSA) is 78.8 Å². The Morgan fingerprint density at radius 1 is 1.06 bits per heavy atom. The molecule has 1 saturated heterocycles. The Labute approximate surface area is 225 Å². The van der Waals surface area contributed by atoms with Crippen molar-refractivity contribution < 1.29 is 19.7 Å². The van der Waals surface area contributed by atoms with Gasteiger partial charge in [0, 0.05) is 31.5 Å². The van der Waals surface area contributed by atoms with E-state index in [0.29, 0.717) is 36.7 Å². The highest BCUT2D eigenvalue weighted by Crippen LogP contribution is 2.54. The fraction of sp³-hybridized carbons (Fsp3) is 0.839. The highest BCUT2D eigenvalue weighted by molar-refractivity contribution is 5.75. The smallest absolute Gasteiger partial charge is 0.129 e. The zero-order valence-electron chi connectivity index (χ0n) is 25.9. The average Bonchev–Trinajstić information content (AvgIpc) is 3.10. The maximum absolute atomic E-state index is 11.4.